The number of ketones is 1. The number of hydrogen-bond acceptors (Lipinski definition) is 6. The molecule has 5 rings (SSSR count). The van der Waals surface area contributed by atoms with Crippen molar-refractivity contribution in [3.8, 4) is 11.1 Å². The zero-order valence-electron chi connectivity index (χ0n) is 30.2. The van der Waals surface area contributed by atoms with Crippen molar-refractivity contribution in [2.24, 2.45) is 11.0 Å². The molecule has 1 heterocycles. The molecular formula is C41H45FN3O5S+. The topological polar surface area (TPSA) is 102 Å². The molecule has 8 nitrogen and oxygen atoms in total. The van der Waals surface area contributed by atoms with E-state index in [0.717, 1.165) is 6.42 Å². The first kappa shape index (κ1) is 37.5. The highest BCUT2D eigenvalue weighted by molar-refractivity contribution is 7.89. The Kier molecular flexibility index (Phi) is 10.9. The van der Waals surface area contributed by atoms with Crippen LogP contribution in [0.1, 0.15) is 75.0 Å². The molecular weight excluding hydrogens is 666 g/mol. The minimum Gasteiger partial charge on any atom is -0.457 e. The average molecular weight is 711 g/mol. The molecule has 10 heteroatoms. The summed E-state index contributed by atoms with van der Waals surface area (Å²) in [5, 5.41) is 5.01. The van der Waals surface area contributed by atoms with Crippen LogP contribution in [0.25, 0.3) is 16.8 Å². The Bertz CT molecular complexity index is 2140. The van der Waals surface area contributed by atoms with E-state index in [9.17, 15) is 18.0 Å². The molecule has 0 fully saturated rings. The number of rotatable bonds is 12. The summed E-state index contributed by atoms with van der Waals surface area (Å²) in [5.41, 5.74) is 3.01. The smallest absolute Gasteiger partial charge is 0.346 e. The number of hydrogen-bond donors (Lipinski definition) is 1. The summed E-state index contributed by atoms with van der Waals surface area (Å²) in [6.07, 6.45) is 0.728. The third-order valence-electron chi connectivity index (χ3n) is 8.46. The molecule has 0 saturated heterocycles. The van der Waals surface area contributed by atoms with Crippen LogP contribution in [0.4, 0.5) is 4.39 Å². The van der Waals surface area contributed by atoms with Gasteiger partial charge in [0, 0.05) is 39.3 Å². The summed E-state index contributed by atoms with van der Waals surface area (Å²) in [7, 11) is -2.10. The van der Waals surface area contributed by atoms with Crippen molar-refractivity contribution in [1.82, 2.24) is 4.72 Å². The number of esters is 1. The number of nitrogens with one attached hydrogen (secondary N) is 1. The predicted molar refractivity (Wildman–Crippen MR) is 199 cm³/mol. The summed E-state index contributed by atoms with van der Waals surface area (Å²) in [6, 6.07) is 26.8. The normalized spacial score (nSPS) is 16.4. The molecule has 1 aliphatic heterocycles. The van der Waals surface area contributed by atoms with Gasteiger partial charge in [0.1, 0.15) is 24.7 Å². The van der Waals surface area contributed by atoms with Crippen molar-refractivity contribution < 1.29 is 31.7 Å². The Morgan fingerprint density at radius 2 is 1.55 bits per heavy atom. The second-order valence-corrected chi connectivity index (χ2v) is 15.9. The number of ether oxygens (including phenoxy) is 1. The number of halogens is 1. The first-order chi connectivity index (χ1) is 24.0. The largest absolute Gasteiger partial charge is 0.457 e. The van der Waals surface area contributed by atoms with E-state index in [0.29, 0.717) is 40.2 Å². The molecule has 1 unspecified atom stereocenters. The van der Waals surface area contributed by atoms with Gasteiger partial charge < -0.3 is 4.74 Å². The van der Waals surface area contributed by atoms with Gasteiger partial charge >= 0.3 is 5.97 Å². The van der Waals surface area contributed by atoms with E-state index >= 15 is 4.39 Å². The van der Waals surface area contributed by atoms with Gasteiger partial charge in [-0.15, -0.1) is 0 Å². The SMILES string of the molecule is CCC[N+]1(C)N=C(C(C)C)C(C(=O)OCc2cccc(C(=O)c3ccccc3)c2)=C1c1ccc(-c2ccccc2S(=O)(=O)NC(C)(C)C)c(F)c1. The summed E-state index contributed by atoms with van der Waals surface area (Å²) in [4.78, 5) is 27.1. The first-order valence-corrected chi connectivity index (χ1v) is 18.5. The van der Waals surface area contributed by atoms with Gasteiger partial charge in [0.05, 0.1) is 11.9 Å². The summed E-state index contributed by atoms with van der Waals surface area (Å²) in [6.45, 7) is 11.6. The molecule has 0 amide bonds. The van der Waals surface area contributed by atoms with Gasteiger partial charge in [0.2, 0.25) is 10.0 Å². The molecule has 51 heavy (non-hydrogen) atoms. The van der Waals surface area contributed by atoms with Gasteiger partial charge in [-0.1, -0.05) is 98.7 Å². The van der Waals surface area contributed by atoms with Crippen LogP contribution in [0.15, 0.2) is 113 Å². The van der Waals surface area contributed by atoms with Crippen molar-refractivity contribution >= 4 is 33.2 Å². The summed E-state index contributed by atoms with van der Waals surface area (Å²) >= 11 is 0. The Balaban J connectivity index is 1.53. The number of quaternary nitrogens is 1. The Morgan fingerprint density at radius 3 is 2.20 bits per heavy atom. The van der Waals surface area contributed by atoms with Crippen molar-refractivity contribution in [1.29, 1.82) is 0 Å². The lowest BCUT2D eigenvalue weighted by Gasteiger charge is -2.27. The van der Waals surface area contributed by atoms with E-state index < -0.39 is 27.3 Å². The van der Waals surface area contributed by atoms with E-state index in [1.165, 1.54) is 12.1 Å². The number of carbonyl (C=O) groups excluding carboxylic acids is 2. The first-order valence-electron chi connectivity index (χ1n) is 17.0. The standard InChI is InChI=1S/C41H45FN3O5S/c1-8-23-45(7)38(30-21-22-32(34(42)25-30)33-19-12-13-20-35(33)51(48,49)44-41(4,5)6)36(37(43-45)27(2)3)40(47)50-26-28-15-14-18-31(24-28)39(46)29-16-10-9-11-17-29/h9-22,24-25,27,44H,8,23,26H2,1-7H3/q+1. The molecule has 4 aromatic carbocycles. The van der Waals surface area contributed by atoms with Crippen LogP contribution < -0.4 is 4.72 Å². The maximum atomic E-state index is 16.3. The molecule has 0 bridgehead atoms. The zero-order valence-corrected chi connectivity index (χ0v) is 31.0. The third kappa shape index (κ3) is 8.25. The van der Waals surface area contributed by atoms with Crippen LogP contribution in [0.5, 0.6) is 0 Å². The molecule has 0 aromatic heterocycles. The van der Waals surface area contributed by atoms with Crippen molar-refractivity contribution in [2.75, 3.05) is 13.6 Å². The predicted octanol–water partition coefficient (Wildman–Crippen LogP) is 8.14. The minimum atomic E-state index is -3.98. The second-order valence-electron chi connectivity index (χ2n) is 14.2. The Labute approximate surface area is 300 Å². The fraction of sp³-hybridized carbons (Fsp3) is 0.293. The van der Waals surface area contributed by atoms with Crippen molar-refractivity contribution in [3.05, 3.63) is 131 Å². The number of benzene rings is 4. The fourth-order valence-electron chi connectivity index (χ4n) is 6.37. The lowest BCUT2D eigenvalue weighted by molar-refractivity contribution is -0.844. The van der Waals surface area contributed by atoms with Gasteiger partial charge in [-0.2, -0.15) is 4.59 Å². The highest BCUT2D eigenvalue weighted by atomic mass is 32.2. The van der Waals surface area contributed by atoms with Crippen LogP contribution in [-0.2, 0) is 26.2 Å². The summed E-state index contributed by atoms with van der Waals surface area (Å²) < 4.78 is 51.6. The highest BCUT2D eigenvalue weighted by Crippen LogP contribution is 2.40. The van der Waals surface area contributed by atoms with E-state index in [1.807, 2.05) is 33.9 Å². The third-order valence-corrected chi connectivity index (χ3v) is 10.3. The average Bonchev–Trinajstić information content (AvgIpc) is 3.39. The molecule has 0 radical (unpaired) electrons. The quantitative estimate of drug-likeness (QED) is 0.0909. The van der Waals surface area contributed by atoms with Crippen LogP contribution in [0, 0.1) is 11.7 Å². The van der Waals surface area contributed by atoms with E-state index in [-0.39, 0.29) is 44.5 Å². The highest BCUT2D eigenvalue weighted by Gasteiger charge is 2.45. The van der Waals surface area contributed by atoms with Crippen LogP contribution in [0.2, 0.25) is 0 Å². The lowest BCUT2D eigenvalue weighted by atomic mass is 9.94. The maximum Gasteiger partial charge on any atom is 0.346 e. The van der Waals surface area contributed by atoms with Crippen LogP contribution in [0.3, 0.4) is 0 Å². The lowest BCUT2D eigenvalue weighted by Crippen LogP contribution is -2.40. The zero-order chi connectivity index (χ0) is 37.1. The van der Waals surface area contributed by atoms with Crippen molar-refractivity contribution in [2.45, 2.75) is 65.0 Å². The molecule has 0 saturated carbocycles. The van der Waals surface area contributed by atoms with Crippen LogP contribution >= 0.6 is 0 Å². The van der Waals surface area contributed by atoms with Crippen molar-refractivity contribution in [3.63, 3.8) is 0 Å². The van der Waals surface area contributed by atoms with Gasteiger partial charge in [-0.05, 0) is 57.0 Å². The van der Waals surface area contributed by atoms with E-state index in [4.69, 9.17) is 9.84 Å². The number of nitrogens with zero attached hydrogens (tertiary/aromatic N) is 2. The second kappa shape index (κ2) is 14.8. The number of carbonyl (C=O) groups is 2. The molecule has 0 aliphatic carbocycles. The molecule has 0 spiro atoms. The fourth-order valence-corrected chi connectivity index (χ4v) is 8.01. The van der Waals surface area contributed by atoms with E-state index in [2.05, 4.69) is 4.72 Å². The molecule has 1 N–H and O–H groups in total. The maximum absolute atomic E-state index is 16.3. The molecule has 4 aromatic rings. The van der Waals surface area contributed by atoms with Gasteiger partial charge in [0.25, 0.3) is 0 Å². The number of sulfonamides is 1. The Hall–Kier alpha value is -4.77. The molecule has 266 valence electrons. The molecule has 1 atom stereocenters. The van der Waals surface area contributed by atoms with Gasteiger partial charge in [-0.25, -0.2) is 22.3 Å². The monoisotopic (exact) mass is 710 g/mol. The summed E-state index contributed by atoms with van der Waals surface area (Å²) in [5.74, 6) is -1.54. The molecule has 1 aliphatic rings. The van der Waals surface area contributed by atoms with Gasteiger partial charge in [-0.3, -0.25) is 4.79 Å². The Morgan fingerprint density at radius 1 is 0.882 bits per heavy atom. The van der Waals surface area contributed by atoms with Gasteiger partial charge in [0.15, 0.2) is 17.1 Å². The minimum absolute atomic E-state index is 0.00870. The van der Waals surface area contributed by atoms with E-state index in [1.54, 1.807) is 99.6 Å². The van der Waals surface area contributed by atoms with Crippen LogP contribution in [-0.4, -0.2) is 49.6 Å².